The molecule has 98 valence electrons. The zero-order valence-corrected chi connectivity index (χ0v) is 12.2. The van der Waals surface area contributed by atoms with Gasteiger partial charge < -0.3 is 10.1 Å². The second-order valence-corrected chi connectivity index (χ2v) is 5.52. The minimum atomic E-state index is 0.678. The molecule has 0 saturated carbocycles. The van der Waals surface area contributed by atoms with E-state index in [4.69, 9.17) is 4.74 Å². The Kier molecular flexibility index (Phi) is 11.9. The molecule has 0 aliphatic carbocycles. The molecule has 0 spiro atoms. The van der Waals surface area contributed by atoms with Crippen molar-refractivity contribution in [3.8, 4) is 0 Å². The molecule has 0 aliphatic rings. The van der Waals surface area contributed by atoms with Gasteiger partial charge in [0.15, 0.2) is 0 Å². The van der Waals surface area contributed by atoms with Crippen LogP contribution in [0.1, 0.15) is 40.0 Å². The Hall–Kier alpha value is 0.270. The van der Waals surface area contributed by atoms with Crippen molar-refractivity contribution in [3.05, 3.63) is 0 Å². The monoisotopic (exact) mass is 247 g/mol. The van der Waals surface area contributed by atoms with Gasteiger partial charge in [0, 0.05) is 25.5 Å². The van der Waals surface area contributed by atoms with Gasteiger partial charge >= 0.3 is 0 Å². The van der Waals surface area contributed by atoms with E-state index in [9.17, 15) is 0 Å². The first kappa shape index (κ1) is 16.3. The fourth-order valence-corrected chi connectivity index (χ4v) is 2.74. The fourth-order valence-electron chi connectivity index (χ4n) is 1.55. The Morgan fingerprint density at radius 3 is 2.62 bits per heavy atom. The Balaban J connectivity index is 3.65. The fraction of sp³-hybridized carbons (Fsp3) is 1.00. The van der Waals surface area contributed by atoms with E-state index < -0.39 is 0 Å². The van der Waals surface area contributed by atoms with Crippen molar-refractivity contribution in [2.24, 2.45) is 5.92 Å². The number of ether oxygens (including phenoxy) is 1. The molecule has 0 bridgehead atoms. The second-order valence-electron chi connectivity index (χ2n) is 4.37. The van der Waals surface area contributed by atoms with Crippen LogP contribution in [0.2, 0.25) is 0 Å². The summed E-state index contributed by atoms with van der Waals surface area (Å²) in [5.41, 5.74) is 0. The second kappa shape index (κ2) is 11.7. The molecule has 0 rings (SSSR count). The lowest BCUT2D eigenvalue weighted by Crippen LogP contribution is -2.37. The first-order valence-electron chi connectivity index (χ1n) is 6.56. The highest BCUT2D eigenvalue weighted by molar-refractivity contribution is 7.99. The smallest absolute Gasteiger partial charge is 0.0470 e. The molecular formula is C13H29NOS. The van der Waals surface area contributed by atoms with E-state index >= 15 is 0 Å². The maximum Gasteiger partial charge on any atom is 0.0470 e. The van der Waals surface area contributed by atoms with Crippen molar-refractivity contribution in [3.63, 3.8) is 0 Å². The lowest BCUT2D eigenvalue weighted by Gasteiger charge is -2.24. The van der Waals surface area contributed by atoms with Gasteiger partial charge in [-0.2, -0.15) is 11.8 Å². The first-order chi connectivity index (χ1) is 7.76. The highest BCUT2D eigenvalue weighted by Gasteiger charge is 2.14. The van der Waals surface area contributed by atoms with Gasteiger partial charge in [-0.3, -0.25) is 0 Å². The molecule has 0 radical (unpaired) electrons. The van der Waals surface area contributed by atoms with Crippen LogP contribution in [0.15, 0.2) is 0 Å². The molecule has 0 aromatic heterocycles. The van der Waals surface area contributed by atoms with Crippen LogP contribution in [0.4, 0.5) is 0 Å². The van der Waals surface area contributed by atoms with E-state index in [1.54, 1.807) is 7.11 Å². The minimum absolute atomic E-state index is 0.678. The number of nitrogens with one attached hydrogen (secondary N) is 1. The Bertz CT molecular complexity index is 144. The van der Waals surface area contributed by atoms with E-state index in [2.05, 4.69) is 37.8 Å². The average Bonchev–Trinajstić information content (AvgIpc) is 2.31. The maximum absolute atomic E-state index is 5.05. The normalized spacial score (nSPS) is 15.0. The number of hydrogen-bond acceptors (Lipinski definition) is 3. The molecule has 0 saturated heterocycles. The van der Waals surface area contributed by atoms with Crippen LogP contribution >= 0.6 is 11.8 Å². The maximum atomic E-state index is 5.05. The molecule has 0 fully saturated rings. The van der Waals surface area contributed by atoms with E-state index in [0.29, 0.717) is 6.04 Å². The summed E-state index contributed by atoms with van der Waals surface area (Å²) >= 11 is 2.05. The van der Waals surface area contributed by atoms with Crippen molar-refractivity contribution in [2.45, 2.75) is 46.1 Å². The Morgan fingerprint density at radius 1 is 1.31 bits per heavy atom. The third-order valence-electron chi connectivity index (χ3n) is 2.92. The first-order valence-corrected chi connectivity index (χ1v) is 7.71. The Morgan fingerprint density at radius 2 is 2.06 bits per heavy atom. The topological polar surface area (TPSA) is 21.3 Å². The van der Waals surface area contributed by atoms with Gasteiger partial charge in [-0.1, -0.05) is 27.2 Å². The van der Waals surface area contributed by atoms with Gasteiger partial charge in [-0.05, 0) is 31.1 Å². The molecule has 0 aromatic carbocycles. The molecule has 0 amide bonds. The van der Waals surface area contributed by atoms with E-state index in [1.165, 1.54) is 30.8 Å². The van der Waals surface area contributed by atoms with Gasteiger partial charge in [0.2, 0.25) is 0 Å². The molecule has 2 nitrogen and oxygen atoms in total. The van der Waals surface area contributed by atoms with E-state index in [1.807, 2.05) is 0 Å². The van der Waals surface area contributed by atoms with Crippen molar-refractivity contribution in [2.75, 3.05) is 31.8 Å². The van der Waals surface area contributed by atoms with E-state index in [0.717, 1.165) is 19.1 Å². The number of methoxy groups -OCH3 is 1. The third kappa shape index (κ3) is 8.43. The van der Waals surface area contributed by atoms with Crippen LogP contribution in [0.5, 0.6) is 0 Å². The summed E-state index contributed by atoms with van der Waals surface area (Å²) in [6.07, 6.45) is 3.66. The van der Waals surface area contributed by atoms with Gasteiger partial charge in [-0.25, -0.2) is 0 Å². The van der Waals surface area contributed by atoms with Gasteiger partial charge in [0.1, 0.15) is 0 Å². The number of thioether (sulfide) groups is 1. The number of hydrogen-bond donors (Lipinski definition) is 1. The summed E-state index contributed by atoms with van der Waals surface area (Å²) in [6, 6.07) is 0.678. The molecule has 2 unspecified atom stereocenters. The molecule has 0 aromatic rings. The standard InChI is InChI=1S/C13H29NOS/c1-5-8-14-13(12(3)6-2)11-16-10-7-9-15-4/h12-14H,5-11H2,1-4H3. The third-order valence-corrected chi connectivity index (χ3v) is 4.09. The highest BCUT2D eigenvalue weighted by atomic mass is 32.2. The van der Waals surface area contributed by atoms with Crippen molar-refractivity contribution < 1.29 is 4.74 Å². The van der Waals surface area contributed by atoms with Gasteiger partial charge in [0.05, 0.1) is 0 Å². The summed E-state index contributed by atoms with van der Waals surface area (Å²) in [6.45, 7) is 8.90. The minimum Gasteiger partial charge on any atom is -0.385 e. The zero-order valence-electron chi connectivity index (χ0n) is 11.4. The van der Waals surface area contributed by atoms with Crippen LogP contribution in [-0.4, -0.2) is 37.8 Å². The summed E-state index contributed by atoms with van der Waals surface area (Å²) < 4.78 is 5.05. The largest absolute Gasteiger partial charge is 0.385 e. The molecule has 3 heteroatoms. The quantitative estimate of drug-likeness (QED) is 0.567. The van der Waals surface area contributed by atoms with Crippen LogP contribution in [0, 0.1) is 5.92 Å². The van der Waals surface area contributed by atoms with Gasteiger partial charge in [0.25, 0.3) is 0 Å². The predicted molar refractivity (Wildman–Crippen MR) is 75.4 cm³/mol. The van der Waals surface area contributed by atoms with Crippen LogP contribution in [0.25, 0.3) is 0 Å². The zero-order chi connectivity index (χ0) is 12.2. The Labute approximate surface area is 106 Å². The summed E-state index contributed by atoms with van der Waals surface area (Å²) in [4.78, 5) is 0. The molecule has 0 aliphatic heterocycles. The van der Waals surface area contributed by atoms with Crippen LogP contribution < -0.4 is 5.32 Å². The van der Waals surface area contributed by atoms with Crippen molar-refractivity contribution in [1.82, 2.24) is 5.32 Å². The molecular weight excluding hydrogens is 218 g/mol. The number of rotatable bonds is 11. The SMILES string of the molecule is CCCNC(CSCCCOC)C(C)CC. The van der Waals surface area contributed by atoms with Crippen molar-refractivity contribution in [1.29, 1.82) is 0 Å². The molecule has 0 heterocycles. The molecule has 16 heavy (non-hydrogen) atoms. The highest BCUT2D eigenvalue weighted by Crippen LogP contribution is 2.14. The molecule has 1 N–H and O–H groups in total. The lowest BCUT2D eigenvalue weighted by atomic mass is 10.0. The van der Waals surface area contributed by atoms with Crippen LogP contribution in [-0.2, 0) is 4.74 Å². The average molecular weight is 247 g/mol. The predicted octanol–water partition coefficient (Wildman–Crippen LogP) is 3.17. The van der Waals surface area contributed by atoms with Crippen LogP contribution in [0.3, 0.4) is 0 Å². The summed E-state index contributed by atoms with van der Waals surface area (Å²) in [7, 11) is 1.77. The van der Waals surface area contributed by atoms with E-state index in [-0.39, 0.29) is 0 Å². The molecule has 2 atom stereocenters. The van der Waals surface area contributed by atoms with Gasteiger partial charge in [-0.15, -0.1) is 0 Å². The summed E-state index contributed by atoms with van der Waals surface area (Å²) in [5, 5.41) is 3.66. The van der Waals surface area contributed by atoms with Crippen molar-refractivity contribution >= 4 is 11.8 Å². The lowest BCUT2D eigenvalue weighted by molar-refractivity contribution is 0.200. The summed E-state index contributed by atoms with van der Waals surface area (Å²) in [5.74, 6) is 3.23.